The Balaban J connectivity index is 1.78. The van der Waals surface area contributed by atoms with Crippen molar-refractivity contribution < 1.29 is 31.6 Å². The molecule has 0 unspecified atom stereocenters. The largest absolute Gasteiger partial charge is 0.467 e. The summed E-state index contributed by atoms with van der Waals surface area (Å²) in [6.45, 7) is 0.112. The fourth-order valence-electron chi connectivity index (χ4n) is 2.54. The standard InChI is InChI=1S/C20H14F4N2O3/c21-16-8-7-12(10-15(16)20(22,23)24)18(27)26-17-6-2-1-5-14(17)19(28)25-11-13-4-3-9-29-13/h1-10H,11H2,(H,25,28)(H,26,27). The highest BCUT2D eigenvalue weighted by Crippen LogP contribution is 2.32. The normalized spacial score (nSPS) is 11.2. The van der Waals surface area contributed by atoms with Crippen molar-refractivity contribution in [3.05, 3.63) is 89.1 Å². The molecule has 5 nitrogen and oxygen atoms in total. The Morgan fingerprint density at radius 3 is 2.41 bits per heavy atom. The molecule has 3 rings (SSSR count). The van der Waals surface area contributed by atoms with Crippen molar-refractivity contribution in [1.82, 2.24) is 5.32 Å². The zero-order valence-electron chi connectivity index (χ0n) is 14.7. The fraction of sp³-hybridized carbons (Fsp3) is 0.100. The number of halogens is 4. The Hall–Kier alpha value is -3.62. The van der Waals surface area contributed by atoms with E-state index in [9.17, 15) is 27.2 Å². The van der Waals surface area contributed by atoms with Gasteiger partial charge in [-0.2, -0.15) is 13.2 Å². The fourth-order valence-corrected chi connectivity index (χ4v) is 2.54. The lowest BCUT2D eigenvalue weighted by Crippen LogP contribution is -2.24. The molecule has 2 N–H and O–H groups in total. The second-order valence-electron chi connectivity index (χ2n) is 5.95. The maximum absolute atomic E-state index is 13.4. The van der Waals surface area contributed by atoms with Crippen LogP contribution in [0.3, 0.4) is 0 Å². The summed E-state index contributed by atoms with van der Waals surface area (Å²) in [4.78, 5) is 24.8. The van der Waals surface area contributed by atoms with Gasteiger partial charge >= 0.3 is 6.18 Å². The van der Waals surface area contributed by atoms with Crippen LogP contribution in [0.1, 0.15) is 32.0 Å². The third kappa shape index (κ3) is 4.81. The van der Waals surface area contributed by atoms with Crippen molar-refractivity contribution >= 4 is 17.5 Å². The minimum absolute atomic E-state index is 0.0901. The Bertz CT molecular complexity index is 1030. The summed E-state index contributed by atoms with van der Waals surface area (Å²) in [7, 11) is 0. The van der Waals surface area contributed by atoms with Crippen molar-refractivity contribution in [2.45, 2.75) is 12.7 Å². The molecule has 2 aromatic carbocycles. The number of para-hydroxylation sites is 1. The molecule has 150 valence electrons. The van der Waals surface area contributed by atoms with Gasteiger partial charge in [0.1, 0.15) is 11.6 Å². The summed E-state index contributed by atoms with van der Waals surface area (Å²) in [5.74, 6) is -2.40. The second-order valence-corrected chi connectivity index (χ2v) is 5.95. The van der Waals surface area contributed by atoms with E-state index in [0.29, 0.717) is 17.9 Å². The van der Waals surface area contributed by atoms with Crippen molar-refractivity contribution in [3.8, 4) is 0 Å². The molecule has 0 fully saturated rings. The van der Waals surface area contributed by atoms with Crippen molar-refractivity contribution in [2.24, 2.45) is 0 Å². The van der Waals surface area contributed by atoms with Gasteiger partial charge in [0.25, 0.3) is 11.8 Å². The zero-order valence-corrected chi connectivity index (χ0v) is 14.7. The van der Waals surface area contributed by atoms with E-state index in [1.165, 1.54) is 18.4 Å². The van der Waals surface area contributed by atoms with Crippen LogP contribution in [-0.2, 0) is 12.7 Å². The molecule has 0 saturated heterocycles. The van der Waals surface area contributed by atoms with E-state index < -0.39 is 34.9 Å². The summed E-state index contributed by atoms with van der Waals surface area (Å²) < 4.78 is 57.1. The molecular formula is C20H14F4N2O3. The molecule has 1 aromatic heterocycles. The summed E-state index contributed by atoms with van der Waals surface area (Å²) >= 11 is 0. The number of alkyl halides is 3. The lowest BCUT2D eigenvalue weighted by molar-refractivity contribution is -0.140. The number of rotatable bonds is 5. The molecule has 3 aromatic rings. The van der Waals surface area contributed by atoms with Crippen LogP contribution in [0.15, 0.2) is 65.3 Å². The first-order valence-corrected chi connectivity index (χ1v) is 8.33. The van der Waals surface area contributed by atoms with Gasteiger partial charge in [0.05, 0.1) is 29.6 Å². The molecule has 0 atom stereocenters. The zero-order chi connectivity index (χ0) is 21.0. The van der Waals surface area contributed by atoms with Crippen LogP contribution in [0.5, 0.6) is 0 Å². The summed E-state index contributed by atoms with van der Waals surface area (Å²) in [6.07, 6.45) is -3.49. The van der Waals surface area contributed by atoms with Crippen LogP contribution in [0.2, 0.25) is 0 Å². The average Bonchev–Trinajstić information content (AvgIpc) is 3.19. The van der Waals surface area contributed by atoms with Gasteiger partial charge in [-0.15, -0.1) is 0 Å². The molecule has 0 aliphatic heterocycles. The Kier molecular flexibility index (Phi) is 5.67. The van der Waals surface area contributed by atoms with Gasteiger partial charge in [0.2, 0.25) is 0 Å². The summed E-state index contributed by atoms with van der Waals surface area (Å²) in [5.41, 5.74) is -1.75. The van der Waals surface area contributed by atoms with Gasteiger partial charge < -0.3 is 15.1 Å². The SMILES string of the molecule is O=C(Nc1ccccc1C(=O)NCc1ccco1)c1ccc(F)c(C(F)(F)F)c1. The average molecular weight is 406 g/mol. The minimum atomic E-state index is -4.94. The Labute approximate surface area is 162 Å². The second kappa shape index (κ2) is 8.17. The van der Waals surface area contributed by atoms with Crippen LogP contribution in [-0.4, -0.2) is 11.8 Å². The highest BCUT2D eigenvalue weighted by atomic mass is 19.4. The van der Waals surface area contributed by atoms with Crippen LogP contribution in [0.25, 0.3) is 0 Å². The predicted molar refractivity (Wildman–Crippen MR) is 95.7 cm³/mol. The highest BCUT2D eigenvalue weighted by Gasteiger charge is 2.34. The molecule has 9 heteroatoms. The van der Waals surface area contributed by atoms with Gasteiger partial charge in [-0.1, -0.05) is 12.1 Å². The number of hydrogen-bond acceptors (Lipinski definition) is 3. The molecule has 0 aliphatic carbocycles. The van der Waals surface area contributed by atoms with Gasteiger partial charge in [-0.05, 0) is 42.5 Å². The lowest BCUT2D eigenvalue weighted by Gasteiger charge is -2.13. The van der Waals surface area contributed by atoms with Crippen LogP contribution >= 0.6 is 0 Å². The van der Waals surface area contributed by atoms with E-state index in [2.05, 4.69) is 10.6 Å². The summed E-state index contributed by atoms with van der Waals surface area (Å²) in [5, 5.41) is 4.99. The van der Waals surface area contributed by atoms with Crippen molar-refractivity contribution in [2.75, 3.05) is 5.32 Å². The van der Waals surface area contributed by atoms with Crippen LogP contribution < -0.4 is 10.6 Å². The molecule has 1 heterocycles. The number of furan rings is 1. The first kappa shape index (κ1) is 20.1. The first-order chi connectivity index (χ1) is 13.8. The van der Waals surface area contributed by atoms with Gasteiger partial charge in [0, 0.05) is 5.56 Å². The van der Waals surface area contributed by atoms with Crippen LogP contribution in [0.4, 0.5) is 23.2 Å². The monoisotopic (exact) mass is 406 g/mol. The minimum Gasteiger partial charge on any atom is -0.467 e. The predicted octanol–water partition coefficient (Wildman–Crippen LogP) is 4.62. The molecular weight excluding hydrogens is 392 g/mol. The van der Waals surface area contributed by atoms with E-state index in [-0.39, 0.29) is 17.8 Å². The smallest absolute Gasteiger partial charge is 0.419 e. The molecule has 0 aliphatic rings. The molecule has 0 radical (unpaired) electrons. The first-order valence-electron chi connectivity index (χ1n) is 8.33. The van der Waals surface area contributed by atoms with E-state index in [1.54, 1.807) is 24.3 Å². The van der Waals surface area contributed by atoms with E-state index in [4.69, 9.17) is 4.42 Å². The van der Waals surface area contributed by atoms with E-state index >= 15 is 0 Å². The molecule has 0 bridgehead atoms. The number of anilines is 1. The highest BCUT2D eigenvalue weighted by molar-refractivity contribution is 6.09. The van der Waals surface area contributed by atoms with Gasteiger partial charge in [-0.25, -0.2) is 4.39 Å². The van der Waals surface area contributed by atoms with Crippen molar-refractivity contribution in [1.29, 1.82) is 0 Å². The third-order valence-electron chi connectivity index (χ3n) is 3.96. The van der Waals surface area contributed by atoms with E-state index in [1.807, 2.05) is 0 Å². The Morgan fingerprint density at radius 1 is 0.966 bits per heavy atom. The van der Waals surface area contributed by atoms with Crippen LogP contribution in [0, 0.1) is 5.82 Å². The molecule has 2 amide bonds. The van der Waals surface area contributed by atoms with Gasteiger partial charge in [-0.3, -0.25) is 9.59 Å². The molecule has 0 saturated carbocycles. The number of amides is 2. The van der Waals surface area contributed by atoms with Gasteiger partial charge in [0.15, 0.2) is 0 Å². The molecule has 0 spiro atoms. The Morgan fingerprint density at radius 2 is 1.72 bits per heavy atom. The molecule has 29 heavy (non-hydrogen) atoms. The number of benzene rings is 2. The van der Waals surface area contributed by atoms with E-state index in [0.717, 1.165) is 6.07 Å². The number of nitrogens with one attached hydrogen (secondary N) is 2. The number of carbonyl (C=O) groups excluding carboxylic acids is 2. The van der Waals surface area contributed by atoms with Crippen molar-refractivity contribution in [3.63, 3.8) is 0 Å². The quantitative estimate of drug-likeness (QED) is 0.608. The lowest BCUT2D eigenvalue weighted by atomic mass is 10.1. The third-order valence-corrected chi connectivity index (χ3v) is 3.96. The number of hydrogen-bond donors (Lipinski definition) is 2. The maximum atomic E-state index is 13.4. The maximum Gasteiger partial charge on any atom is 0.419 e. The topological polar surface area (TPSA) is 71.3 Å². The number of carbonyl (C=O) groups is 2. The summed E-state index contributed by atoms with van der Waals surface area (Å²) in [6, 6.07) is 11.2.